The first kappa shape index (κ1) is 21.6. The number of aromatic nitrogens is 1. The Balaban J connectivity index is 2.04. The molecule has 0 aliphatic rings. The molecule has 0 N–H and O–H groups in total. The van der Waals surface area contributed by atoms with E-state index < -0.39 is 5.60 Å². The zero-order valence-electron chi connectivity index (χ0n) is 16.1. The second kappa shape index (κ2) is 10.0. The summed E-state index contributed by atoms with van der Waals surface area (Å²) in [6.07, 6.45) is 2.51. The Morgan fingerprint density at radius 1 is 1.19 bits per heavy atom. The van der Waals surface area contributed by atoms with Crippen LogP contribution in [0.3, 0.4) is 0 Å². The summed E-state index contributed by atoms with van der Waals surface area (Å²) in [5.74, 6) is 0.824. The molecule has 1 amide bonds. The van der Waals surface area contributed by atoms with Gasteiger partial charge in [0.15, 0.2) is 4.47 Å². The monoisotopic (exact) mass is 411 g/mol. The number of hydrogen-bond donors (Lipinski definition) is 0. The van der Waals surface area contributed by atoms with E-state index in [2.05, 4.69) is 9.88 Å². The second-order valence-electron chi connectivity index (χ2n) is 7.09. The Bertz CT molecular complexity index is 716. The number of rotatable bonds is 10. The van der Waals surface area contributed by atoms with Gasteiger partial charge in [-0.25, -0.2) is 10.0 Å². The highest BCUT2D eigenvalue weighted by molar-refractivity contribution is 7.15. The van der Waals surface area contributed by atoms with E-state index in [0.29, 0.717) is 24.1 Å². The van der Waals surface area contributed by atoms with E-state index >= 15 is 0 Å². The molecule has 0 bridgehead atoms. The van der Waals surface area contributed by atoms with Crippen molar-refractivity contribution in [1.82, 2.24) is 14.9 Å². The van der Waals surface area contributed by atoms with Crippen LogP contribution in [0.2, 0.25) is 4.47 Å². The van der Waals surface area contributed by atoms with E-state index in [1.54, 1.807) is 13.3 Å². The van der Waals surface area contributed by atoms with Gasteiger partial charge < -0.3 is 4.74 Å². The molecule has 148 valence electrons. The SMILES string of the molecule is COc1ccc(CN(CCN(C=O)OC(C)(C)C)Cc2cnc(Cl)s2)cc1. The van der Waals surface area contributed by atoms with Gasteiger partial charge in [-0.1, -0.05) is 23.7 Å². The molecule has 0 aliphatic carbocycles. The van der Waals surface area contributed by atoms with Gasteiger partial charge in [0.25, 0.3) is 0 Å². The normalized spacial score (nSPS) is 11.6. The van der Waals surface area contributed by atoms with Crippen LogP contribution in [0.5, 0.6) is 5.75 Å². The topological polar surface area (TPSA) is 54.9 Å². The molecule has 0 atom stereocenters. The molecule has 0 unspecified atom stereocenters. The number of ether oxygens (including phenoxy) is 1. The summed E-state index contributed by atoms with van der Waals surface area (Å²) in [5, 5.41) is 1.35. The van der Waals surface area contributed by atoms with Crippen LogP contribution in [-0.4, -0.2) is 47.2 Å². The van der Waals surface area contributed by atoms with Crippen LogP contribution >= 0.6 is 22.9 Å². The number of methoxy groups -OCH3 is 1. The lowest BCUT2D eigenvalue weighted by Gasteiger charge is -2.29. The highest BCUT2D eigenvalue weighted by Gasteiger charge is 2.17. The molecular formula is C19H26ClN3O3S. The minimum Gasteiger partial charge on any atom is -0.497 e. The summed E-state index contributed by atoms with van der Waals surface area (Å²) in [6, 6.07) is 7.96. The fraction of sp³-hybridized carbons (Fsp3) is 0.474. The maximum absolute atomic E-state index is 11.3. The Morgan fingerprint density at radius 3 is 2.41 bits per heavy atom. The predicted molar refractivity (Wildman–Crippen MR) is 108 cm³/mol. The lowest BCUT2D eigenvalue weighted by atomic mass is 10.2. The number of benzene rings is 1. The number of hydrogen-bond acceptors (Lipinski definition) is 6. The number of carbonyl (C=O) groups excluding carboxylic acids is 1. The van der Waals surface area contributed by atoms with Crippen molar-refractivity contribution in [2.24, 2.45) is 0 Å². The standard InChI is InChI=1S/C19H26ClN3O3S/c1-19(2,3)26-23(14-24)10-9-22(13-17-11-21-18(20)27-17)12-15-5-7-16(25-4)8-6-15/h5-8,11,14H,9-10,12-13H2,1-4H3. The Labute approximate surface area is 169 Å². The third-order valence-electron chi connectivity index (χ3n) is 3.62. The van der Waals surface area contributed by atoms with Gasteiger partial charge in [-0.05, 0) is 38.5 Å². The maximum Gasteiger partial charge on any atom is 0.233 e. The molecule has 0 fully saturated rings. The van der Waals surface area contributed by atoms with Gasteiger partial charge in [-0.2, -0.15) is 0 Å². The molecule has 0 saturated heterocycles. The maximum atomic E-state index is 11.3. The van der Waals surface area contributed by atoms with Crippen LogP contribution in [0.25, 0.3) is 0 Å². The summed E-state index contributed by atoms with van der Waals surface area (Å²) in [4.78, 5) is 24.4. The number of hydroxylamine groups is 2. The smallest absolute Gasteiger partial charge is 0.233 e. The summed E-state index contributed by atoms with van der Waals surface area (Å²) in [7, 11) is 1.65. The van der Waals surface area contributed by atoms with Gasteiger partial charge in [-0.3, -0.25) is 14.5 Å². The summed E-state index contributed by atoms with van der Waals surface area (Å²) in [5.41, 5.74) is 0.730. The van der Waals surface area contributed by atoms with Crippen molar-refractivity contribution >= 4 is 29.3 Å². The van der Waals surface area contributed by atoms with E-state index in [-0.39, 0.29) is 0 Å². The van der Waals surface area contributed by atoms with Gasteiger partial charge in [0.1, 0.15) is 5.75 Å². The molecule has 0 spiro atoms. The average molecular weight is 412 g/mol. The van der Waals surface area contributed by atoms with E-state index in [1.807, 2.05) is 45.0 Å². The van der Waals surface area contributed by atoms with Gasteiger partial charge in [0.05, 0.1) is 19.3 Å². The van der Waals surface area contributed by atoms with Crippen LogP contribution in [-0.2, 0) is 22.7 Å². The minimum absolute atomic E-state index is 0.424. The van der Waals surface area contributed by atoms with Crippen molar-refractivity contribution in [2.75, 3.05) is 20.2 Å². The number of nitrogens with zero attached hydrogens (tertiary/aromatic N) is 3. The number of thiazole rings is 1. The minimum atomic E-state index is -0.424. The van der Waals surface area contributed by atoms with Gasteiger partial charge in [0.2, 0.25) is 6.41 Å². The fourth-order valence-corrected chi connectivity index (χ4v) is 3.51. The Kier molecular flexibility index (Phi) is 8.04. The molecule has 8 heteroatoms. The van der Waals surface area contributed by atoms with Crippen molar-refractivity contribution in [1.29, 1.82) is 0 Å². The first-order chi connectivity index (χ1) is 12.8. The first-order valence-electron chi connectivity index (χ1n) is 8.65. The summed E-state index contributed by atoms with van der Waals surface area (Å²) < 4.78 is 5.74. The molecule has 6 nitrogen and oxygen atoms in total. The number of halogens is 1. The highest BCUT2D eigenvalue weighted by Crippen LogP contribution is 2.21. The number of amides is 1. The Morgan fingerprint density at radius 2 is 1.89 bits per heavy atom. The fourth-order valence-electron chi connectivity index (χ4n) is 2.49. The molecule has 0 saturated carbocycles. The third kappa shape index (κ3) is 7.84. The van der Waals surface area contributed by atoms with E-state index in [9.17, 15) is 4.79 Å². The lowest BCUT2D eigenvalue weighted by Crippen LogP contribution is -2.38. The van der Waals surface area contributed by atoms with Crippen LogP contribution in [0.1, 0.15) is 31.2 Å². The van der Waals surface area contributed by atoms with E-state index in [4.69, 9.17) is 21.2 Å². The van der Waals surface area contributed by atoms with Gasteiger partial charge >= 0.3 is 0 Å². The van der Waals surface area contributed by atoms with E-state index in [1.165, 1.54) is 16.4 Å². The van der Waals surface area contributed by atoms with Crippen LogP contribution in [0.4, 0.5) is 0 Å². The third-order valence-corrected chi connectivity index (χ3v) is 4.71. The molecule has 2 aromatic rings. The molecule has 2 rings (SSSR count). The summed E-state index contributed by atoms with van der Waals surface area (Å²) in [6.45, 7) is 8.27. The lowest BCUT2D eigenvalue weighted by molar-refractivity contribution is -0.217. The first-order valence-corrected chi connectivity index (χ1v) is 9.85. The molecular weight excluding hydrogens is 386 g/mol. The van der Waals surface area contributed by atoms with Crippen LogP contribution in [0.15, 0.2) is 30.5 Å². The van der Waals surface area contributed by atoms with Crippen molar-refractivity contribution in [3.63, 3.8) is 0 Å². The quantitative estimate of drug-likeness (QED) is 0.437. The van der Waals surface area contributed by atoms with Crippen molar-refractivity contribution in [2.45, 2.75) is 39.5 Å². The van der Waals surface area contributed by atoms with Crippen LogP contribution in [0, 0.1) is 0 Å². The summed E-state index contributed by atoms with van der Waals surface area (Å²) >= 11 is 7.42. The predicted octanol–water partition coefficient (Wildman–Crippen LogP) is 4.00. The Hall–Kier alpha value is -1.67. The molecule has 27 heavy (non-hydrogen) atoms. The van der Waals surface area contributed by atoms with Crippen molar-refractivity contribution in [3.8, 4) is 5.75 Å². The second-order valence-corrected chi connectivity index (χ2v) is 8.79. The van der Waals surface area contributed by atoms with E-state index in [0.717, 1.165) is 29.1 Å². The highest BCUT2D eigenvalue weighted by atomic mass is 35.5. The molecule has 1 aromatic carbocycles. The van der Waals surface area contributed by atoms with Crippen molar-refractivity contribution < 1.29 is 14.4 Å². The van der Waals surface area contributed by atoms with Gasteiger partial charge in [0, 0.05) is 30.7 Å². The number of carbonyl (C=O) groups is 1. The molecule has 1 heterocycles. The molecule has 0 aliphatic heterocycles. The zero-order chi connectivity index (χ0) is 19.9. The van der Waals surface area contributed by atoms with Gasteiger partial charge in [-0.15, -0.1) is 11.3 Å². The largest absolute Gasteiger partial charge is 0.497 e. The average Bonchev–Trinajstić information content (AvgIpc) is 3.02. The van der Waals surface area contributed by atoms with Crippen LogP contribution < -0.4 is 4.74 Å². The molecule has 0 radical (unpaired) electrons. The zero-order valence-corrected chi connectivity index (χ0v) is 17.7. The molecule has 1 aromatic heterocycles. The van der Waals surface area contributed by atoms with Crippen molar-refractivity contribution in [3.05, 3.63) is 45.4 Å².